The highest BCUT2D eigenvalue weighted by Gasteiger charge is 2.16. The fraction of sp³-hybridized carbons (Fsp3) is 0.231. The largest absolute Gasteiger partial charge is 0.437 e. The van der Waals surface area contributed by atoms with E-state index in [1.165, 1.54) is 6.33 Å². The first-order chi connectivity index (χ1) is 9.13. The molecule has 6 heteroatoms. The molecule has 1 aromatic heterocycles. The van der Waals surface area contributed by atoms with Crippen LogP contribution in [0.15, 0.2) is 35.1 Å². The third-order valence-electron chi connectivity index (χ3n) is 2.60. The second kappa shape index (κ2) is 5.99. The molecule has 0 saturated carbocycles. The molecule has 0 aliphatic heterocycles. The molecule has 1 heterocycles. The van der Waals surface area contributed by atoms with Gasteiger partial charge in [0, 0.05) is 0 Å². The molecule has 0 aliphatic rings. The summed E-state index contributed by atoms with van der Waals surface area (Å²) in [5.74, 6) is 7.44. The lowest BCUT2D eigenvalue weighted by Gasteiger charge is -2.15. The molecule has 1 aromatic carbocycles. The van der Waals surface area contributed by atoms with Gasteiger partial charge in [-0.2, -0.15) is 0 Å². The van der Waals surface area contributed by atoms with E-state index in [9.17, 15) is 0 Å². The molecular weight excluding hydrogens is 308 g/mol. The van der Waals surface area contributed by atoms with Gasteiger partial charge in [0.2, 0.25) is 5.88 Å². The van der Waals surface area contributed by atoms with E-state index in [1.807, 2.05) is 38.1 Å². The number of nitrogens with two attached hydrogens (primary N) is 1. The summed E-state index contributed by atoms with van der Waals surface area (Å²) in [4.78, 5) is 8.30. The van der Waals surface area contributed by atoms with Gasteiger partial charge in [-0.15, -0.1) is 0 Å². The lowest BCUT2D eigenvalue weighted by molar-refractivity contribution is 0.449. The SMILES string of the molecule is CC(C)c1c(NN)ncnc1Oc1ccccc1Br. The van der Waals surface area contributed by atoms with E-state index in [0.717, 1.165) is 10.0 Å². The number of hydrazine groups is 1. The van der Waals surface area contributed by atoms with E-state index < -0.39 is 0 Å². The molecule has 0 aliphatic carbocycles. The molecule has 19 heavy (non-hydrogen) atoms. The zero-order valence-corrected chi connectivity index (χ0v) is 12.3. The summed E-state index contributed by atoms with van der Waals surface area (Å²) in [5.41, 5.74) is 3.42. The summed E-state index contributed by atoms with van der Waals surface area (Å²) in [5, 5.41) is 0. The Balaban J connectivity index is 2.43. The monoisotopic (exact) mass is 322 g/mol. The molecule has 0 amide bonds. The maximum Gasteiger partial charge on any atom is 0.227 e. The molecule has 0 radical (unpaired) electrons. The van der Waals surface area contributed by atoms with Crippen LogP contribution in [-0.4, -0.2) is 9.97 Å². The molecule has 0 spiro atoms. The number of rotatable bonds is 4. The Kier molecular flexibility index (Phi) is 4.34. The molecule has 3 N–H and O–H groups in total. The topological polar surface area (TPSA) is 73.1 Å². The van der Waals surface area contributed by atoms with E-state index in [4.69, 9.17) is 10.6 Å². The molecule has 5 nitrogen and oxygen atoms in total. The van der Waals surface area contributed by atoms with E-state index in [-0.39, 0.29) is 5.92 Å². The van der Waals surface area contributed by atoms with Crippen LogP contribution in [0.1, 0.15) is 25.3 Å². The Morgan fingerprint density at radius 2 is 2.00 bits per heavy atom. The van der Waals surface area contributed by atoms with Crippen molar-refractivity contribution in [3.05, 3.63) is 40.6 Å². The van der Waals surface area contributed by atoms with Crippen LogP contribution in [0.5, 0.6) is 11.6 Å². The lowest BCUT2D eigenvalue weighted by atomic mass is 10.1. The number of para-hydroxylation sites is 1. The molecule has 0 atom stereocenters. The van der Waals surface area contributed by atoms with Crippen molar-refractivity contribution in [3.8, 4) is 11.6 Å². The molecule has 0 unspecified atom stereocenters. The van der Waals surface area contributed by atoms with Crippen molar-refractivity contribution < 1.29 is 4.74 Å². The van der Waals surface area contributed by atoms with Crippen molar-refractivity contribution in [2.24, 2.45) is 5.84 Å². The van der Waals surface area contributed by atoms with E-state index in [0.29, 0.717) is 17.4 Å². The Bertz CT molecular complexity index is 574. The standard InChI is InChI=1S/C13H15BrN4O/c1-8(2)11-12(18-15)16-7-17-13(11)19-10-6-4-3-5-9(10)14/h3-8H,15H2,1-2H3,(H,16,17,18). The number of nitrogens with zero attached hydrogens (tertiary/aromatic N) is 2. The summed E-state index contributed by atoms with van der Waals surface area (Å²) < 4.78 is 6.72. The number of halogens is 1. The van der Waals surface area contributed by atoms with Gasteiger partial charge in [-0.3, -0.25) is 0 Å². The summed E-state index contributed by atoms with van der Waals surface area (Å²) in [6.45, 7) is 4.07. The van der Waals surface area contributed by atoms with Crippen molar-refractivity contribution >= 4 is 21.7 Å². The Morgan fingerprint density at radius 3 is 2.63 bits per heavy atom. The molecule has 100 valence electrons. The van der Waals surface area contributed by atoms with Crippen LogP contribution < -0.4 is 16.0 Å². The molecular formula is C13H15BrN4O. The van der Waals surface area contributed by atoms with E-state index >= 15 is 0 Å². The van der Waals surface area contributed by atoms with Crippen molar-refractivity contribution in [2.75, 3.05) is 5.43 Å². The van der Waals surface area contributed by atoms with Gasteiger partial charge >= 0.3 is 0 Å². The summed E-state index contributed by atoms with van der Waals surface area (Å²) >= 11 is 3.44. The zero-order valence-electron chi connectivity index (χ0n) is 10.7. The maximum atomic E-state index is 5.85. The van der Waals surface area contributed by atoms with Crippen molar-refractivity contribution in [2.45, 2.75) is 19.8 Å². The van der Waals surface area contributed by atoms with Gasteiger partial charge in [0.15, 0.2) is 5.82 Å². The number of hydrogen-bond acceptors (Lipinski definition) is 5. The smallest absolute Gasteiger partial charge is 0.227 e. The molecule has 2 aromatic rings. The second-order valence-corrected chi connectivity index (χ2v) is 5.13. The average molecular weight is 323 g/mol. The van der Waals surface area contributed by atoms with Gasteiger partial charge in [-0.05, 0) is 34.0 Å². The van der Waals surface area contributed by atoms with E-state index in [1.54, 1.807) is 0 Å². The number of benzene rings is 1. The number of nitrogen functional groups attached to an aromatic ring is 1. The van der Waals surface area contributed by atoms with Gasteiger partial charge in [-0.1, -0.05) is 26.0 Å². The number of ether oxygens (including phenoxy) is 1. The summed E-state index contributed by atoms with van der Waals surface area (Å²) in [6, 6.07) is 7.60. The first kappa shape index (κ1) is 13.8. The number of anilines is 1. The minimum absolute atomic E-state index is 0.185. The minimum atomic E-state index is 0.185. The van der Waals surface area contributed by atoms with Crippen LogP contribution >= 0.6 is 15.9 Å². The highest BCUT2D eigenvalue weighted by molar-refractivity contribution is 9.10. The van der Waals surface area contributed by atoms with Crippen LogP contribution in [0.25, 0.3) is 0 Å². The molecule has 0 bridgehead atoms. The van der Waals surface area contributed by atoms with Gasteiger partial charge in [0.1, 0.15) is 12.1 Å². The molecule has 0 fully saturated rings. The number of hydrogen-bond donors (Lipinski definition) is 2. The van der Waals surface area contributed by atoms with E-state index in [2.05, 4.69) is 31.3 Å². The van der Waals surface area contributed by atoms with Gasteiger partial charge < -0.3 is 10.2 Å². The predicted molar refractivity (Wildman–Crippen MR) is 78.1 cm³/mol. The first-order valence-electron chi connectivity index (χ1n) is 5.87. The van der Waals surface area contributed by atoms with Crippen molar-refractivity contribution in [1.82, 2.24) is 9.97 Å². The number of nitrogens with one attached hydrogen (secondary N) is 1. The Hall–Kier alpha value is -1.66. The van der Waals surface area contributed by atoms with Gasteiger partial charge in [0.25, 0.3) is 0 Å². The van der Waals surface area contributed by atoms with Crippen LogP contribution in [-0.2, 0) is 0 Å². The fourth-order valence-electron chi connectivity index (χ4n) is 1.73. The summed E-state index contributed by atoms with van der Waals surface area (Å²) in [6.07, 6.45) is 1.42. The van der Waals surface area contributed by atoms with Crippen molar-refractivity contribution in [1.29, 1.82) is 0 Å². The lowest BCUT2D eigenvalue weighted by Crippen LogP contribution is -2.13. The molecule has 2 rings (SSSR count). The third kappa shape index (κ3) is 3.02. The van der Waals surface area contributed by atoms with Crippen molar-refractivity contribution in [3.63, 3.8) is 0 Å². The summed E-state index contributed by atoms with van der Waals surface area (Å²) in [7, 11) is 0. The average Bonchev–Trinajstić information content (AvgIpc) is 2.40. The Labute approximate surface area is 120 Å². The zero-order chi connectivity index (χ0) is 13.8. The Morgan fingerprint density at radius 1 is 1.26 bits per heavy atom. The normalized spacial score (nSPS) is 10.6. The third-order valence-corrected chi connectivity index (χ3v) is 3.26. The quantitative estimate of drug-likeness (QED) is 0.666. The van der Waals surface area contributed by atoms with Crippen LogP contribution in [0.3, 0.4) is 0 Å². The van der Waals surface area contributed by atoms with Gasteiger partial charge in [-0.25, -0.2) is 15.8 Å². The highest BCUT2D eigenvalue weighted by Crippen LogP contribution is 2.35. The van der Waals surface area contributed by atoms with Crippen LogP contribution in [0.4, 0.5) is 5.82 Å². The minimum Gasteiger partial charge on any atom is -0.437 e. The molecule has 0 saturated heterocycles. The fourth-order valence-corrected chi connectivity index (χ4v) is 2.09. The van der Waals surface area contributed by atoms with Crippen LogP contribution in [0.2, 0.25) is 0 Å². The van der Waals surface area contributed by atoms with Gasteiger partial charge in [0.05, 0.1) is 10.0 Å². The maximum absolute atomic E-state index is 5.85. The second-order valence-electron chi connectivity index (χ2n) is 4.27. The first-order valence-corrected chi connectivity index (χ1v) is 6.66. The highest BCUT2D eigenvalue weighted by atomic mass is 79.9. The number of aromatic nitrogens is 2. The predicted octanol–water partition coefficient (Wildman–Crippen LogP) is 3.44. The van der Waals surface area contributed by atoms with Crippen LogP contribution in [0, 0.1) is 0 Å².